The maximum atomic E-state index is 12.4. The largest absolute Gasteiger partial charge is 0.343 e. The average Bonchev–Trinajstić information content (AvgIpc) is 3.24. The number of amides is 3. The molecule has 0 unspecified atom stereocenters. The number of nitrogens with one attached hydrogen (secondary N) is 3. The highest BCUT2D eigenvalue weighted by Gasteiger charge is 2.14. The van der Waals surface area contributed by atoms with Gasteiger partial charge in [0.05, 0.1) is 22.1 Å². The molecule has 0 aliphatic carbocycles. The summed E-state index contributed by atoms with van der Waals surface area (Å²) >= 11 is 13.2. The molecule has 0 saturated carbocycles. The molecule has 9 heteroatoms. The molecule has 0 bridgehead atoms. The first-order valence-electron chi connectivity index (χ1n) is 8.40. The van der Waals surface area contributed by atoms with Crippen LogP contribution in [-0.4, -0.2) is 24.3 Å². The van der Waals surface area contributed by atoms with Gasteiger partial charge in [-0.25, -0.2) is 0 Å². The van der Waals surface area contributed by atoms with Crippen molar-refractivity contribution in [2.45, 2.75) is 0 Å². The van der Waals surface area contributed by atoms with E-state index in [1.54, 1.807) is 41.8 Å². The Morgan fingerprint density at radius 1 is 0.897 bits per heavy atom. The third-order valence-corrected chi connectivity index (χ3v) is 5.21. The molecule has 0 spiro atoms. The van der Waals surface area contributed by atoms with Gasteiger partial charge in [0.15, 0.2) is 0 Å². The van der Waals surface area contributed by atoms with Gasteiger partial charge in [-0.05, 0) is 53.9 Å². The minimum Gasteiger partial charge on any atom is -0.343 e. The second kappa shape index (κ2) is 9.56. The molecule has 148 valence electrons. The molecule has 0 aliphatic rings. The highest BCUT2D eigenvalue weighted by molar-refractivity contribution is 7.12. The lowest BCUT2D eigenvalue weighted by Crippen LogP contribution is -2.32. The van der Waals surface area contributed by atoms with E-state index in [4.69, 9.17) is 23.2 Å². The van der Waals surface area contributed by atoms with E-state index in [0.29, 0.717) is 26.3 Å². The molecule has 0 saturated heterocycles. The number of carbonyl (C=O) groups is 3. The molecule has 0 aliphatic heterocycles. The number of thiophene rings is 1. The predicted octanol–water partition coefficient (Wildman–Crippen LogP) is 4.68. The van der Waals surface area contributed by atoms with Crippen LogP contribution in [0, 0.1) is 0 Å². The normalized spacial score (nSPS) is 10.3. The van der Waals surface area contributed by atoms with Crippen molar-refractivity contribution in [2.24, 2.45) is 0 Å². The number of hydrogen-bond donors (Lipinski definition) is 3. The van der Waals surface area contributed by atoms with Crippen molar-refractivity contribution in [3.8, 4) is 0 Å². The summed E-state index contributed by atoms with van der Waals surface area (Å²) in [6, 6.07) is 14.5. The number of hydrogen-bond acceptors (Lipinski definition) is 4. The van der Waals surface area contributed by atoms with Gasteiger partial charge < -0.3 is 16.0 Å². The van der Waals surface area contributed by atoms with E-state index >= 15 is 0 Å². The molecule has 3 N–H and O–H groups in total. The zero-order valence-electron chi connectivity index (χ0n) is 14.9. The summed E-state index contributed by atoms with van der Waals surface area (Å²) in [5, 5.41) is 10.5. The molecule has 1 aromatic heterocycles. The van der Waals surface area contributed by atoms with Crippen LogP contribution in [0.4, 0.5) is 11.4 Å². The summed E-state index contributed by atoms with van der Waals surface area (Å²) in [5.74, 6) is -1.18. The van der Waals surface area contributed by atoms with Crippen molar-refractivity contribution in [1.82, 2.24) is 5.32 Å². The molecule has 1 heterocycles. The molecule has 3 amide bonds. The van der Waals surface area contributed by atoms with Crippen LogP contribution >= 0.6 is 34.5 Å². The molecule has 29 heavy (non-hydrogen) atoms. The Morgan fingerprint density at radius 2 is 1.66 bits per heavy atom. The number of rotatable bonds is 6. The molecule has 2 aromatic carbocycles. The summed E-state index contributed by atoms with van der Waals surface area (Å²) < 4.78 is 0. The predicted molar refractivity (Wildman–Crippen MR) is 116 cm³/mol. The van der Waals surface area contributed by atoms with Gasteiger partial charge in [0.25, 0.3) is 11.8 Å². The van der Waals surface area contributed by atoms with Gasteiger partial charge in [-0.3, -0.25) is 14.4 Å². The minimum atomic E-state index is -0.473. The molecule has 0 radical (unpaired) electrons. The van der Waals surface area contributed by atoms with E-state index in [1.165, 1.54) is 29.5 Å². The fourth-order valence-electron chi connectivity index (χ4n) is 2.36. The van der Waals surface area contributed by atoms with Crippen LogP contribution in [-0.2, 0) is 4.79 Å². The molecule has 6 nitrogen and oxygen atoms in total. The first kappa shape index (κ1) is 20.9. The number of carbonyl (C=O) groups excluding carboxylic acids is 3. The Labute approximate surface area is 180 Å². The van der Waals surface area contributed by atoms with Crippen LogP contribution in [0.15, 0.2) is 60.0 Å². The summed E-state index contributed by atoms with van der Waals surface area (Å²) in [6.45, 7) is -0.221. The number of anilines is 2. The second-order valence-corrected chi connectivity index (χ2v) is 7.66. The van der Waals surface area contributed by atoms with Gasteiger partial charge in [0.2, 0.25) is 5.91 Å². The lowest BCUT2D eigenvalue weighted by molar-refractivity contribution is -0.115. The highest BCUT2D eigenvalue weighted by atomic mass is 35.5. The summed E-state index contributed by atoms with van der Waals surface area (Å²) in [5.41, 5.74) is 1.14. The van der Waals surface area contributed by atoms with Crippen molar-refractivity contribution in [2.75, 3.05) is 17.2 Å². The molecule has 0 fully saturated rings. The Balaban J connectivity index is 1.59. The van der Waals surface area contributed by atoms with E-state index in [-0.39, 0.29) is 23.9 Å². The van der Waals surface area contributed by atoms with Crippen LogP contribution in [0.3, 0.4) is 0 Å². The van der Waals surface area contributed by atoms with E-state index in [2.05, 4.69) is 16.0 Å². The van der Waals surface area contributed by atoms with E-state index in [0.717, 1.165) is 0 Å². The molecular weight excluding hydrogens is 433 g/mol. The standard InChI is InChI=1S/C20H15Cl2N3O3S/c21-13-4-6-14(7-5-13)24-18(26)11-23-19(27)12-3-8-15(22)16(10-12)25-20(28)17-2-1-9-29-17/h1-10H,11H2,(H,23,27)(H,24,26)(H,25,28). The maximum absolute atomic E-state index is 12.4. The van der Waals surface area contributed by atoms with Crippen molar-refractivity contribution < 1.29 is 14.4 Å². The van der Waals surface area contributed by atoms with Gasteiger partial charge >= 0.3 is 0 Å². The van der Waals surface area contributed by atoms with Crippen LogP contribution < -0.4 is 16.0 Å². The SMILES string of the molecule is O=C(CNC(=O)c1ccc(Cl)c(NC(=O)c2cccs2)c1)Nc1ccc(Cl)cc1. The van der Waals surface area contributed by atoms with E-state index < -0.39 is 5.91 Å². The molecule has 0 atom stereocenters. The lowest BCUT2D eigenvalue weighted by atomic mass is 10.2. The lowest BCUT2D eigenvalue weighted by Gasteiger charge is -2.10. The zero-order chi connectivity index (χ0) is 20.8. The van der Waals surface area contributed by atoms with Gasteiger partial charge in [-0.15, -0.1) is 11.3 Å². The Bertz CT molecular complexity index is 1040. The van der Waals surface area contributed by atoms with Crippen LogP contribution in [0.1, 0.15) is 20.0 Å². The summed E-state index contributed by atoms with van der Waals surface area (Å²) in [6.07, 6.45) is 0. The van der Waals surface area contributed by atoms with E-state index in [1.807, 2.05) is 0 Å². The second-order valence-electron chi connectivity index (χ2n) is 5.86. The van der Waals surface area contributed by atoms with Crippen LogP contribution in [0.2, 0.25) is 10.0 Å². The summed E-state index contributed by atoms with van der Waals surface area (Å²) in [4.78, 5) is 37.1. The van der Waals surface area contributed by atoms with Crippen molar-refractivity contribution in [3.05, 3.63) is 80.5 Å². The average molecular weight is 448 g/mol. The fourth-order valence-corrected chi connectivity index (χ4v) is 3.26. The van der Waals surface area contributed by atoms with Crippen molar-refractivity contribution in [1.29, 1.82) is 0 Å². The Morgan fingerprint density at radius 3 is 2.34 bits per heavy atom. The third kappa shape index (κ3) is 5.80. The molecular formula is C20H15Cl2N3O3S. The number of halogens is 2. The van der Waals surface area contributed by atoms with Gasteiger partial charge in [0, 0.05) is 16.3 Å². The topological polar surface area (TPSA) is 87.3 Å². The van der Waals surface area contributed by atoms with Crippen molar-refractivity contribution >= 4 is 63.6 Å². The van der Waals surface area contributed by atoms with Gasteiger partial charge in [0.1, 0.15) is 0 Å². The van der Waals surface area contributed by atoms with Crippen LogP contribution in [0.5, 0.6) is 0 Å². The minimum absolute atomic E-state index is 0.221. The molecule has 3 rings (SSSR count). The smallest absolute Gasteiger partial charge is 0.265 e. The Kier molecular flexibility index (Phi) is 6.87. The monoisotopic (exact) mass is 447 g/mol. The third-order valence-electron chi connectivity index (χ3n) is 3.76. The zero-order valence-corrected chi connectivity index (χ0v) is 17.2. The van der Waals surface area contributed by atoms with Gasteiger partial charge in [-0.1, -0.05) is 29.3 Å². The van der Waals surface area contributed by atoms with Crippen LogP contribution in [0.25, 0.3) is 0 Å². The number of benzene rings is 2. The van der Waals surface area contributed by atoms with E-state index in [9.17, 15) is 14.4 Å². The van der Waals surface area contributed by atoms with Crippen molar-refractivity contribution in [3.63, 3.8) is 0 Å². The Hall–Kier alpha value is -2.87. The maximum Gasteiger partial charge on any atom is 0.265 e. The van der Waals surface area contributed by atoms with Gasteiger partial charge in [-0.2, -0.15) is 0 Å². The fraction of sp³-hybridized carbons (Fsp3) is 0.0500. The summed E-state index contributed by atoms with van der Waals surface area (Å²) in [7, 11) is 0. The first-order chi connectivity index (χ1) is 13.9. The first-order valence-corrected chi connectivity index (χ1v) is 10.0. The highest BCUT2D eigenvalue weighted by Crippen LogP contribution is 2.24. The molecule has 3 aromatic rings. The quantitative estimate of drug-likeness (QED) is 0.512.